The van der Waals surface area contributed by atoms with E-state index < -0.39 is 11.9 Å². The molecule has 0 saturated carbocycles. The van der Waals surface area contributed by atoms with Gasteiger partial charge in [0.15, 0.2) is 0 Å². The molecule has 1 aromatic heterocycles. The molecule has 1 heterocycles. The SMILES string of the molecule is Cc1ccc(Br)cc1Nc1nc(C(F)(F)F)ccc1C#N. The quantitative estimate of drug-likeness (QED) is 0.842. The molecule has 1 N–H and O–H groups in total. The largest absolute Gasteiger partial charge is 0.433 e. The molecule has 0 atom stereocenters. The van der Waals surface area contributed by atoms with E-state index >= 15 is 0 Å². The predicted molar refractivity (Wildman–Crippen MR) is 76.1 cm³/mol. The molecule has 0 bridgehead atoms. The Morgan fingerprint density at radius 2 is 1.95 bits per heavy atom. The maximum absolute atomic E-state index is 12.7. The van der Waals surface area contributed by atoms with Gasteiger partial charge in [0.2, 0.25) is 0 Å². The van der Waals surface area contributed by atoms with E-state index in [-0.39, 0.29) is 11.4 Å². The first kappa shape index (κ1) is 15.3. The van der Waals surface area contributed by atoms with Gasteiger partial charge in [0.1, 0.15) is 17.6 Å². The number of hydrogen-bond acceptors (Lipinski definition) is 3. The molecule has 0 saturated heterocycles. The molecule has 0 aliphatic rings. The monoisotopic (exact) mass is 355 g/mol. The number of aromatic nitrogens is 1. The first-order valence-electron chi connectivity index (χ1n) is 5.83. The average Bonchev–Trinajstić information content (AvgIpc) is 2.42. The van der Waals surface area contributed by atoms with Crippen molar-refractivity contribution in [1.29, 1.82) is 5.26 Å². The molecule has 108 valence electrons. The smallest absolute Gasteiger partial charge is 0.339 e. The molecule has 0 fully saturated rings. The number of nitrogens with one attached hydrogen (secondary N) is 1. The van der Waals surface area contributed by atoms with E-state index in [9.17, 15) is 13.2 Å². The summed E-state index contributed by atoms with van der Waals surface area (Å²) in [6, 6.07) is 9.03. The fraction of sp³-hybridized carbons (Fsp3) is 0.143. The molecule has 0 radical (unpaired) electrons. The van der Waals surface area contributed by atoms with Gasteiger partial charge < -0.3 is 5.32 Å². The molecule has 0 aliphatic carbocycles. The lowest BCUT2D eigenvalue weighted by atomic mass is 10.2. The van der Waals surface area contributed by atoms with Crippen molar-refractivity contribution in [3.8, 4) is 6.07 Å². The van der Waals surface area contributed by atoms with Crippen LogP contribution in [-0.4, -0.2) is 4.98 Å². The lowest BCUT2D eigenvalue weighted by molar-refractivity contribution is -0.141. The molecule has 3 nitrogen and oxygen atoms in total. The third-order valence-corrected chi connectivity index (χ3v) is 3.25. The van der Waals surface area contributed by atoms with E-state index in [0.717, 1.165) is 22.2 Å². The van der Waals surface area contributed by atoms with Crippen LogP contribution in [0.5, 0.6) is 0 Å². The second-order valence-electron chi connectivity index (χ2n) is 4.29. The van der Waals surface area contributed by atoms with Gasteiger partial charge in [-0.15, -0.1) is 0 Å². The molecule has 2 aromatic rings. The molecular formula is C14H9BrF3N3. The standard InChI is InChI=1S/C14H9BrF3N3/c1-8-2-4-10(15)6-11(8)20-13-9(7-19)3-5-12(21-13)14(16,17)18/h2-6H,1H3,(H,20,21). The number of alkyl halides is 3. The molecule has 7 heteroatoms. The molecule has 2 rings (SSSR count). The highest BCUT2D eigenvalue weighted by molar-refractivity contribution is 9.10. The van der Waals surface area contributed by atoms with Gasteiger partial charge in [0.25, 0.3) is 0 Å². The van der Waals surface area contributed by atoms with Crippen molar-refractivity contribution in [3.63, 3.8) is 0 Å². The van der Waals surface area contributed by atoms with Crippen LogP contribution in [0.25, 0.3) is 0 Å². The Hall–Kier alpha value is -2.07. The fourth-order valence-corrected chi connectivity index (χ4v) is 2.02. The highest BCUT2D eigenvalue weighted by Crippen LogP contribution is 2.31. The summed E-state index contributed by atoms with van der Waals surface area (Å²) in [7, 11) is 0. The second-order valence-corrected chi connectivity index (χ2v) is 5.20. The first-order chi connectivity index (χ1) is 9.81. The summed E-state index contributed by atoms with van der Waals surface area (Å²) in [5.74, 6) is -0.117. The van der Waals surface area contributed by atoms with Crippen molar-refractivity contribution in [2.75, 3.05) is 5.32 Å². The highest BCUT2D eigenvalue weighted by atomic mass is 79.9. The number of pyridine rings is 1. The van der Waals surface area contributed by atoms with Gasteiger partial charge in [-0.05, 0) is 36.8 Å². The minimum atomic E-state index is -4.56. The topological polar surface area (TPSA) is 48.7 Å². The summed E-state index contributed by atoms with van der Waals surface area (Å²) in [6.45, 7) is 1.80. The minimum Gasteiger partial charge on any atom is -0.339 e. The Morgan fingerprint density at radius 3 is 2.57 bits per heavy atom. The third kappa shape index (κ3) is 3.52. The van der Waals surface area contributed by atoms with Crippen LogP contribution < -0.4 is 5.32 Å². The summed E-state index contributed by atoms with van der Waals surface area (Å²) in [6.07, 6.45) is -4.56. The van der Waals surface area contributed by atoms with Gasteiger partial charge in [-0.2, -0.15) is 18.4 Å². The van der Waals surface area contributed by atoms with Gasteiger partial charge in [-0.3, -0.25) is 0 Å². The summed E-state index contributed by atoms with van der Waals surface area (Å²) < 4.78 is 38.9. The Bertz CT molecular complexity index is 720. The normalized spacial score (nSPS) is 11.0. The zero-order valence-corrected chi connectivity index (χ0v) is 12.4. The maximum Gasteiger partial charge on any atom is 0.433 e. The van der Waals surface area contributed by atoms with E-state index in [1.54, 1.807) is 19.1 Å². The van der Waals surface area contributed by atoms with Crippen molar-refractivity contribution in [3.05, 3.63) is 51.6 Å². The Labute approximate surface area is 127 Å². The van der Waals surface area contributed by atoms with Crippen LogP contribution in [0, 0.1) is 18.3 Å². The van der Waals surface area contributed by atoms with Gasteiger partial charge in [0.05, 0.1) is 5.56 Å². The number of nitriles is 1. The van der Waals surface area contributed by atoms with Gasteiger partial charge in [-0.1, -0.05) is 22.0 Å². The molecule has 0 unspecified atom stereocenters. The second kappa shape index (κ2) is 5.74. The number of benzene rings is 1. The number of hydrogen-bond donors (Lipinski definition) is 1. The zero-order chi connectivity index (χ0) is 15.6. The molecule has 21 heavy (non-hydrogen) atoms. The number of halogens is 4. The highest BCUT2D eigenvalue weighted by Gasteiger charge is 2.33. The van der Waals surface area contributed by atoms with Crippen molar-refractivity contribution in [2.24, 2.45) is 0 Å². The van der Waals surface area contributed by atoms with Gasteiger partial charge in [-0.25, -0.2) is 4.98 Å². The van der Waals surface area contributed by atoms with E-state index in [1.807, 2.05) is 12.1 Å². The maximum atomic E-state index is 12.7. The minimum absolute atomic E-state index is 0.0439. The Kier molecular flexibility index (Phi) is 4.19. The molecule has 1 aromatic carbocycles. The lowest BCUT2D eigenvalue weighted by Crippen LogP contribution is -2.10. The van der Waals surface area contributed by atoms with Crippen molar-refractivity contribution < 1.29 is 13.2 Å². The van der Waals surface area contributed by atoms with Crippen LogP contribution in [0.4, 0.5) is 24.7 Å². The van der Waals surface area contributed by atoms with Crippen LogP contribution in [0.1, 0.15) is 16.8 Å². The van der Waals surface area contributed by atoms with E-state index in [4.69, 9.17) is 5.26 Å². The summed E-state index contributed by atoms with van der Waals surface area (Å²) in [5, 5.41) is 11.8. The third-order valence-electron chi connectivity index (χ3n) is 2.76. The van der Waals surface area contributed by atoms with E-state index in [2.05, 4.69) is 26.2 Å². The number of nitrogens with zero attached hydrogens (tertiary/aromatic N) is 2. The van der Waals surface area contributed by atoms with Crippen molar-refractivity contribution in [2.45, 2.75) is 13.1 Å². The zero-order valence-electron chi connectivity index (χ0n) is 10.8. The van der Waals surface area contributed by atoms with Crippen LogP contribution in [0.3, 0.4) is 0 Å². The first-order valence-corrected chi connectivity index (χ1v) is 6.62. The van der Waals surface area contributed by atoms with Crippen LogP contribution >= 0.6 is 15.9 Å². The number of aryl methyl sites for hydroxylation is 1. The molecular weight excluding hydrogens is 347 g/mol. The summed E-state index contributed by atoms with van der Waals surface area (Å²) in [5.41, 5.74) is 0.396. The number of rotatable bonds is 2. The van der Waals surface area contributed by atoms with Crippen LogP contribution in [0.2, 0.25) is 0 Å². The fourth-order valence-electron chi connectivity index (χ4n) is 1.66. The van der Waals surface area contributed by atoms with Gasteiger partial charge >= 0.3 is 6.18 Å². The molecule has 0 aliphatic heterocycles. The van der Waals surface area contributed by atoms with Crippen molar-refractivity contribution in [1.82, 2.24) is 4.98 Å². The lowest BCUT2D eigenvalue weighted by Gasteiger charge is -2.13. The number of anilines is 2. The van der Waals surface area contributed by atoms with Crippen molar-refractivity contribution >= 4 is 27.4 Å². The van der Waals surface area contributed by atoms with E-state index in [0.29, 0.717) is 5.69 Å². The Balaban J connectivity index is 2.47. The average molecular weight is 356 g/mol. The summed E-state index contributed by atoms with van der Waals surface area (Å²) >= 11 is 3.29. The molecule has 0 spiro atoms. The van der Waals surface area contributed by atoms with Crippen LogP contribution in [0.15, 0.2) is 34.8 Å². The van der Waals surface area contributed by atoms with E-state index in [1.165, 1.54) is 0 Å². The Morgan fingerprint density at radius 1 is 1.24 bits per heavy atom. The summed E-state index contributed by atoms with van der Waals surface area (Å²) in [4.78, 5) is 3.51. The van der Waals surface area contributed by atoms with Gasteiger partial charge in [0, 0.05) is 10.2 Å². The van der Waals surface area contributed by atoms with Crippen LogP contribution in [-0.2, 0) is 6.18 Å². The predicted octanol–water partition coefficient (Wildman–Crippen LogP) is 4.79. The molecule has 0 amide bonds.